The molecule has 106 valence electrons. The Kier molecular flexibility index (Phi) is 3.39. The number of aryl methyl sites for hydroxylation is 2. The third-order valence-corrected chi connectivity index (χ3v) is 4.27. The highest BCUT2D eigenvalue weighted by atomic mass is 35.5. The van der Waals surface area contributed by atoms with Gasteiger partial charge in [-0.15, -0.1) is 11.3 Å². The van der Waals surface area contributed by atoms with E-state index in [-0.39, 0.29) is 5.56 Å². The number of nitrogens with zero attached hydrogens (tertiary/aromatic N) is 2. The van der Waals surface area contributed by atoms with Crippen LogP contribution in [0.3, 0.4) is 0 Å². The Labute approximate surface area is 130 Å². The highest BCUT2D eigenvalue weighted by Gasteiger charge is 2.16. The Balaban J connectivity index is 2.33. The van der Waals surface area contributed by atoms with Gasteiger partial charge in [-0.3, -0.25) is 0 Å². The lowest BCUT2D eigenvalue weighted by Gasteiger charge is -2.06. The van der Waals surface area contributed by atoms with Gasteiger partial charge in [-0.1, -0.05) is 11.6 Å². The Morgan fingerprint density at radius 1 is 1.24 bits per heavy atom. The summed E-state index contributed by atoms with van der Waals surface area (Å²) in [4.78, 5) is 21.5. The Bertz CT molecular complexity index is 873. The largest absolute Gasteiger partial charge is 0.478 e. The number of thiazole rings is 1. The number of pyridine rings is 1. The van der Waals surface area contributed by atoms with Crippen LogP contribution in [0.5, 0.6) is 0 Å². The van der Waals surface area contributed by atoms with Gasteiger partial charge in [0.25, 0.3) is 0 Å². The van der Waals surface area contributed by atoms with E-state index in [0.29, 0.717) is 21.6 Å². The predicted octanol–water partition coefficient (Wildman–Crippen LogP) is 4.33. The molecule has 2 heterocycles. The zero-order valence-corrected chi connectivity index (χ0v) is 12.9. The van der Waals surface area contributed by atoms with E-state index >= 15 is 0 Å². The molecule has 2 aromatic heterocycles. The number of halogens is 1. The molecule has 1 N–H and O–H groups in total. The molecule has 0 unspecified atom stereocenters. The van der Waals surface area contributed by atoms with Crippen molar-refractivity contribution in [1.82, 2.24) is 9.97 Å². The van der Waals surface area contributed by atoms with E-state index in [1.807, 2.05) is 13.8 Å². The van der Waals surface area contributed by atoms with Gasteiger partial charge in [0.15, 0.2) is 0 Å². The third kappa shape index (κ3) is 2.50. The standard InChI is InChI=1S/C15H11ClN2O2S/c1-7-14(17-8(2)21-7)13-6-11(15(19)20)10-5-9(16)3-4-12(10)18-13/h3-6H,1-2H3,(H,19,20). The van der Waals surface area contributed by atoms with E-state index in [9.17, 15) is 9.90 Å². The van der Waals surface area contributed by atoms with Crippen molar-refractivity contribution in [1.29, 1.82) is 0 Å². The average Bonchev–Trinajstić information content (AvgIpc) is 2.76. The highest BCUT2D eigenvalue weighted by Crippen LogP contribution is 2.30. The summed E-state index contributed by atoms with van der Waals surface area (Å²) in [6.07, 6.45) is 0. The summed E-state index contributed by atoms with van der Waals surface area (Å²) in [5.41, 5.74) is 2.09. The molecule has 6 heteroatoms. The zero-order chi connectivity index (χ0) is 15.1. The fourth-order valence-corrected chi connectivity index (χ4v) is 3.26. The first-order chi connectivity index (χ1) is 9.95. The summed E-state index contributed by atoms with van der Waals surface area (Å²) in [5, 5.41) is 11.4. The van der Waals surface area contributed by atoms with Crippen LogP contribution in [0.15, 0.2) is 24.3 Å². The van der Waals surface area contributed by atoms with E-state index in [0.717, 1.165) is 15.6 Å². The number of fused-ring (bicyclic) bond motifs is 1. The van der Waals surface area contributed by atoms with Gasteiger partial charge in [0, 0.05) is 15.3 Å². The molecule has 3 aromatic rings. The van der Waals surface area contributed by atoms with E-state index in [2.05, 4.69) is 9.97 Å². The van der Waals surface area contributed by atoms with Gasteiger partial charge in [0.1, 0.15) is 5.69 Å². The van der Waals surface area contributed by atoms with Crippen LogP contribution in [0.2, 0.25) is 5.02 Å². The van der Waals surface area contributed by atoms with Crippen molar-refractivity contribution in [2.75, 3.05) is 0 Å². The molecule has 0 fully saturated rings. The minimum Gasteiger partial charge on any atom is -0.478 e. The van der Waals surface area contributed by atoms with Gasteiger partial charge >= 0.3 is 5.97 Å². The van der Waals surface area contributed by atoms with Crippen molar-refractivity contribution >= 4 is 39.8 Å². The summed E-state index contributed by atoms with van der Waals surface area (Å²) in [6, 6.07) is 6.60. The molecule has 3 rings (SSSR count). The topological polar surface area (TPSA) is 63.1 Å². The fraction of sp³-hybridized carbons (Fsp3) is 0.133. The Morgan fingerprint density at radius 2 is 2.00 bits per heavy atom. The lowest BCUT2D eigenvalue weighted by atomic mass is 10.1. The first-order valence-electron chi connectivity index (χ1n) is 6.23. The Hall–Kier alpha value is -1.98. The van der Waals surface area contributed by atoms with Crippen LogP contribution in [-0.2, 0) is 0 Å². The number of rotatable bonds is 2. The van der Waals surface area contributed by atoms with Crippen LogP contribution in [0.4, 0.5) is 0 Å². The summed E-state index contributed by atoms with van der Waals surface area (Å²) >= 11 is 7.52. The molecule has 0 aliphatic rings. The molecule has 0 amide bonds. The molecule has 0 radical (unpaired) electrons. The van der Waals surface area contributed by atoms with Gasteiger partial charge in [0.05, 0.1) is 21.8 Å². The van der Waals surface area contributed by atoms with Crippen LogP contribution in [-0.4, -0.2) is 21.0 Å². The minimum atomic E-state index is -1.00. The maximum Gasteiger partial charge on any atom is 0.336 e. The summed E-state index contributed by atoms with van der Waals surface area (Å²) in [7, 11) is 0. The quantitative estimate of drug-likeness (QED) is 0.764. The SMILES string of the molecule is Cc1nc(-c2cc(C(=O)O)c3cc(Cl)ccc3n2)c(C)s1. The fourth-order valence-electron chi connectivity index (χ4n) is 2.26. The maximum absolute atomic E-state index is 11.5. The van der Waals surface area contributed by atoms with Gasteiger partial charge in [-0.2, -0.15) is 0 Å². The normalized spacial score (nSPS) is 11.0. The van der Waals surface area contributed by atoms with Crippen molar-refractivity contribution in [3.63, 3.8) is 0 Å². The first kappa shape index (κ1) is 14.0. The lowest BCUT2D eigenvalue weighted by Crippen LogP contribution is -2.00. The molecule has 21 heavy (non-hydrogen) atoms. The van der Waals surface area contributed by atoms with Gasteiger partial charge < -0.3 is 5.11 Å². The number of carbonyl (C=O) groups is 1. The molecule has 0 bridgehead atoms. The van der Waals surface area contributed by atoms with E-state index < -0.39 is 5.97 Å². The van der Waals surface area contributed by atoms with Crippen LogP contribution in [0.1, 0.15) is 20.2 Å². The van der Waals surface area contributed by atoms with Crippen LogP contribution >= 0.6 is 22.9 Å². The second kappa shape index (κ2) is 5.09. The molecule has 0 spiro atoms. The first-order valence-corrected chi connectivity index (χ1v) is 7.43. The number of aromatic nitrogens is 2. The molecule has 0 aliphatic heterocycles. The molecule has 0 saturated heterocycles. The summed E-state index contributed by atoms with van der Waals surface area (Å²) in [6.45, 7) is 3.87. The van der Waals surface area contributed by atoms with E-state index in [4.69, 9.17) is 11.6 Å². The maximum atomic E-state index is 11.5. The molecular weight excluding hydrogens is 308 g/mol. The van der Waals surface area contributed by atoms with Gasteiger partial charge in [-0.05, 0) is 38.1 Å². The van der Waals surface area contributed by atoms with Crippen molar-refractivity contribution in [3.8, 4) is 11.4 Å². The van der Waals surface area contributed by atoms with Crippen molar-refractivity contribution < 1.29 is 9.90 Å². The Morgan fingerprint density at radius 3 is 2.62 bits per heavy atom. The lowest BCUT2D eigenvalue weighted by molar-refractivity contribution is 0.0699. The smallest absolute Gasteiger partial charge is 0.336 e. The summed E-state index contributed by atoms with van der Waals surface area (Å²) in [5.74, 6) is -1.00. The van der Waals surface area contributed by atoms with Crippen LogP contribution in [0.25, 0.3) is 22.3 Å². The minimum absolute atomic E-state index is 0.183. The number of hydrogen-bond donors (Lipinski definition) is 1. The number of carboxylic acid groups (broad SMARTS) is 1. The number of benzene rings is 1. The second-order valence-electron chi connectivity index (χ2n) is 4.66. The van der Waals surface area contributed by atoms with Crippen LogP contribution in [0, 0.1) is 13.8 Å². The van der Waals surface area contributed by atoms with Gasteiger partial charge in [-0.25, -0.2) is 14.8 Å². The number of aromatic carboxylic acids is 1. The molecule has 0 saturated carbocycles. The van der Waals surface area contributed by atoms with Crippen molar-refractivity contribution in [2.24, 2.45) is 0 Å². The van der Waals surface area contributed by atoms with E-state index in [1.165, 1.54) is 0 Å². The number of hydrogen-bond acceptors (Lipinski definition) is 4. The molecule has 1 aromatic carbocycles. The van der Waals surface area contributed by atoms with Crippen molar-refractivity contribution in [3.05, 3.63) is 44.7 Å². The monoisotopic (exact) mass is 318 g/mol. The molecule has 0 atom stereocenters. The van der Waals surface area contributed by atoms with Gasteiger partial charge in [0.2, 0.25) is 0 Å². The second-order valence-corrected chi connectivity index (χ2v) is 6.50. The summed E-state index contributed by atoms with van der Waals surface area (Å²) < 4.78 is 0. The third-order valence-electron chi connectivity index (χ3n) is 3.15. The van der Waals surface area contributed by atoms with E-state index in [1.54, 1.807) is 35.6 Å². The number of carboxylic acids is 1. The van der Waals surface area contributed by atoms with Crippen LogP contribution < -0.4 is 0 Å². The molecular formula is C15H11ClN2O2S. The zero-order valence-electron chi connectivity index (χ0n) is 11.3. The average molecular weight is 319 g/mol. The molecule has 4 nitrogen and oxygen atoms in total. The highest BCUT2D eigenvalue weighted by molar-refractivity contribution is 7.11. The predicted molar refractivity (Wildman–Crippen MR) is 84.3 cm³/mol. The molecule has 0 aliphatic carbocycles. The van der Waals surface area contributed by atoms with Crippen molar-refractivity contribution in [2.45, 2.75) is 13.8 Å².